The molecule has 3 rings (SSSR count). The first kappa shape index (κ1) is 15.9. The molecule has 0 fully saturated rings. The van der Waals surface area contributed by atoms with E-state index in [0.29, 0.717) is 6.54 Å². The summed E-state index contributed by atoms with van der Waals surface area (Å²) in [6.45, 7) is 4.35. The van der Waals surface area contributed by atoms with Crippen molar-refractivity contribution in [3.63, 3.8) is 0 Å². The van der Waals surface area contributed by atoms with Crippen LogP contribution in [0.5, 0.6) is 0 Å². The Labute approximate surface area is 140 Å². The molecule has 3 aromatic rings. The molecule has 1 aromatic carbocycles. The molecule has 0 saturated heterocycles. The topological polar surface area (TPSA) is 52.1 Å². The third-order valence-electron chi connectivity index (χ3n) is 3.67. The lowest BCUT2D eigenvalue weighted by Crippen LogP contribution is -2.25. The summed E-state index contributed by atoms with van der Waals surface area (Å²) in [4.78, 5) is 12.3. The Kier molecular flexibility index (Phi) is 5.23. The molecule has 2 N–H and O–H groups in total. The van der Waals surface area contributed by atoms with Gasteiger partial charge in [-0.25, -0.2) is 4.98 Å². The minimum absolute atomic E-state index is 0.157. The second-order valence-electron chi connectivity index (χ2n) is 5.56. The Morgan fingerprint density at radius 3 is 2.65 bits per heavy atom. The van der Waals surface area contributed by atoms with Gasteiger partial charge in [0.1, 0.15) is 5.82 Å². The predicted octanol–water partition coefficient (Wildman–Crippen LogP) is 3.44. The van der Waals surface area contributed by atoms with Crippen molar-refractivity contribution in [2.45, 2.75) is 20.0 Å². The van der Waals surface area contributed by atoms with Gasteiger partial charge < -0.3 is 10.1 Å². The minimum atomic E-state index is 0.157. The van der Waals surface area contributed by atoms with Crippen LogP contribution in [0.3, 0.4) is 0 Å². The van der Waals surface area contributed by atoms with E-state index in [4.69, 9.17) is 0 Å². The molecule has 120 valence electrons. The maximum Gasteiger partial charge on any atom is 0.103 e. The van der Waals surface area contributed by atoms with Crippen LogP contribution in [0, 0.1) is 6.92 Å². The molecular formula is C18H21N3OS. The average molecular weight is 327 g/mol. The molecule has 0 aliphatic carbocycles. The summed E-state index contributed by atoms with van der Waals surface area (Å²) in [5.74, 6) is 0.923. The molecule has 2 aromatic heterocycles. The maximum atomic E-state index is 9.32. The van der Waals surface area contributed by atoms with Crippen LogP contribution in [-0.4, -0.2) is 33.1 Å². The molecule has 0 aliphatic heterocycles. The molecular weight excluding hydrogens is 306 g/mol. The lowest BCUT2D eigenvalue weighted by molar-refractivity contribution is 0.184. The van der Waals surface area contributed by atoms with Crippen molar-refractivity contribution >= 4 is 11.3 Å². The molecule has 0 aliphatic rings. The summed E-state index contributed by atoms with van der Waals surface area (Å²) in [6.07, 6.45) is 1.86. The summed E-state index contributed by atoms with van der Waals surface area (Å²) < 4.78 is 0. The lowest BCUT2D eigenvalue weighted by Gasteiger charge is -2.19. The molecule has 0 saturated carbocycles. The summed E-state index contributed by atoms with van der Waals surface area (Å²) in [5, 5.41) is 9.32. The van der Waals surface area contributed by atoms with Gasteiger partial charge in [-0.1, -0.05) is 30.3 Å². The molecule has 0 radical (unpaired) electrons. The third-order valence-corrected chi connectivity index (χ3v) is 4.78. The highest BCUT2D eigenvalue weighted by Gasteiger charge is 2.10. The van der Waals surface area contributed by atoms with Gasteiger partial charge >= 0.3 is 0 Å². The fourth-order valence-electron chi connectivity index (χ4n) is 2.59. The smallest absolute Gasteiger partial charge is 0.103 e. The number of aliphatic hydroxyl groups excluding tert-OH is 1. The van der Waals surface area contributed by atoms with Crippen LogP contribution in [0.2, 0.25) is 0 Å². The van der Waals surface area contributed by atoms with Crippen LogP contribution in [0.4, 0.5) is 0 Å². The fourth-order valence-corrected chi connectivity index (χ4v) is 3.64. The highest BCUT2D eigenvalue weighted by atomic mass is 32.1. The van der Waals surface area contributed by atoms with Crippen LogP contribution in [-0.2, 0) is 13.1 Å². The number of aromatic nitrogens is 2. The number of benzene rings is 1. The Morgan fingerprint density at radius 2 is 1.96 bits per heavy atom. The van der Waals surface area contributed by atoms with E-state index in [1.807, 2.05) is 19.2 Å². The van der Waals surface area contributed by atoms with Gasteiger partial charge in [0.15, 0.2) is 0 Å². The van der Waals surface area contributed by atoms with Crippen LogP contribution in [0.25, 0.3) is 10.4 Å². The average Bonchev–Trinajstić information content (AvgIpc) is 3.18. The third kappa shape index (κ3) is 4.28. The normalized spacial score (nSPS) is 11.3. The molecule has 0 atom stereocenters. The number of hydrogen-bond donors (Lipinski definition) is 2. The van der Waals surface area contributed by atoms with Gasteiger partial charge in [0.2, 0.25) is 0 Å². The molecule has 2 heterocycles. The van der Waals surface area contributed by atoms with Crippen LogP contribution < -0.4 is 0 Å². The molecule has 0 unspecified atom stereocenters. The summed E-state index contributed by atoms with van der Waals surface area (Å²) in [7, 11) is 0. The molecule has 0 amide bonds. The number of nitrogens with one attached hydrogen (secondary N) is 1. The Morgan fingerprint density at radius 1 is 1.13 bits per heavy atom. The Balaban J connectivity index is 1.69. The van der Waals surface area contributed by atoms with E-state index < -0.39 is 0 Å². The largest absolute Gasteiger partial charge is 0.395 e. The van der Waals surface area contributed by atoms with Crippen molar-refractivity contribution in [2.24, 2.45) is 0 Å². The van der Waals surface area contributed by atoms with Crippen molar-refractivity contribution in [3.05, 3.63) is 65.1 Å². The molecule has 5 heteroatoms. The Hall–Kier alpha value is -1.95. The zero-order chi connectivity index (χ0) is 16.1. The van der Waals surface area contributed by atoms with E-state index in [2.05, 4.69) is 51.3 Å². The van der Waals surface area contributed by atoms with Gasteiger partial charge in [-0.15, -0.1) is 11.3 Å². The maximum absolute atomic E-state index is 9.32. The molecule has 0 spiro atoms. The number of thiophene rings is 1. The van der Waals surface area contributed by atoms with Gasteiger partial charge in [-0.05, 0) is 24.6 Å². The van der Waals surface area contributed by atoms with Crippen molar-refractivity contribution in [1.29, 1.82) is 0 Å². The van der Waals surface area contributed by atoms with Gasteiger partial charge in [0.05, 0.1) is 6.61 Å². The number of hydrogen-bond acceptors (Lipinski definition) is 4. The Bertz CT molecular complexity index is 736. The van der Waals surface area contributed by atoms with E-state index in [0.717, 1.165) is 24.6 Å². The van der Waals surface area contributed by atoms with E-state index in [9.17, 15) is 5.11 Å². The molecule has 4 nitrogen and oxygen atoms in total. The van der Waals surface area contributed by atoms with Crippen molar-refractivity contribution < 1.29 is 5.11 Å². The first-order valence-corrected chi connectivity index (χ1v) is 8.54. The quantitative estimate of drug-likeness (QED) is 0.699. The second kappa shape index (κ2) is 7.55. The van der Waals surface area contributed by atoms with Crippen molar-refractivity contribution in [3.8, 4) is 10.4 Å². The highest BCUT2D eigenvalue weighted by Crippen LogP contribution is 2.28. The summed E-state index contributed by atoms with van der Waals surface area (Å²) in [6, 6.07) is 14.8. The van der Waals surface area contributed by atoms with E-state index in [1.165, 1.54) is 15.3 Å². The summed E-state index contributed by atoms with van der Waals surface area (Å²) in [5.41, 5.74) is 2.33. The standard InChI is InChI=1S/C18H21N3OS/c1-14-19-11-16(20-14)12-21(9-10-22)13-17-7-8-18(23-17)15-5-3-2-4-6-15/h2-8,11,22H,9-10,12-13H2,1H3,(H,19,20). The SMILES string of the molecule is Cc1ncc(CN(CCO)Cc2ccc(-c3ccccc3)s2)[nH]1. The zero-order valence-corrected chi connectivity index (χ0v) is 14.0. The molecule has 23 heavy (non-hydrogen) atoms. The second-order valence-corrected chi connectivity index (χ2v) is 6.73. The minimum Gasteiger partial charge on any atom is -0.395 e. The number of aliphatic hydroxyl groups is 1. The van der Waals surface area contributed by atoms with E-state index in [1.54, 1.807) is 11.3 Å². The number of aryl methyl sites for hydroxylation is 1. The molecule has 0 bridgehead atoms. The zero-order valence-electron chi connectivity index (χ0n) is 13.2. The van der Waals surface area contributed by atoms with Crippen LogP contribution in [0.15, 0.2) is 48.7 Å². The lowest BCUT2D eigenvalue weighted by atomic mass is 10.2. The first-order chi connectivity index (χ1) is 11.2. The van der Waals surface area contributed by atoms with E-state index >= 15 is 0 Å². The first-order valence-electron chi connectivity index (χ1n) is 7.72. The number of rotatable bonds is 7. The van der Waals surface area contributed by atoms with Gasteiger partial charge in [-0.3, -0.25) is 4.90 Å². The monoisotopic (exact) mass is 327 g/mol. The van der Waals surface area contributed by atoms with Gasteiger partial charge in [0.25, 0.3) is 0 Å². The number of aromatic amines is 1. The van der Waals surface area contributed by atoms with Crippen molar-refractivity contribution in [2.75, 3.05) is 13.2 Å². The fraction of sp³-hybridized carbons (Fsp3) is 0.278. The number of H-pyrrole nitrogens is 1. The highest BCUT2D eigenvalue weighted by molar-refractivity contribution is 7.15. The number of nitrogens with zero attached hydrogens (tertiary/aromatic N) is 2. The van der Waals surface area contributed by atoms with Crippen LogP contribution >= 0.6 is 11.3 Å². The van der Waals surface area contributed by atoms with E-state index in [-0.39, 0.29) is 6.61 Å². The summed E-state index contributed by atoms with van der Waals surface area (Å²) >= 11 is 1.81. The van der Waals surface area contributed by atoms with Gasteiger partial charge in [-0.2, -0.15) is 0 Å². The number of imidazole rings is 1. The van der Waals surface area contributed by atoms with Gasteiger partial charge in [0, 0.05) is 41.3 Å². The van der Waals surface area contributed by atoms with Crippen molar-refractivity contribution in [1.82, 2.24) is 14.9 Å². The van der Waals surface area contributed by atoms with Crippen LogP contribution in [0.1, 0.15) is 16.4 Å². The predicted molar refractivity (Wildman–Crippen MR) is 94.3 cm³/mol.